The van der Waals surface area contributed by atoms with E-state index in [1.54, 1.807) is 12.4 Å². The Balaban J connectivity index is 1.50. The summed E-state index contributed by atoms with van der Waals surface area (Å²) in [4.78, 5) is 20.9. The zero-order valence-electron chi connectivity index (χ0n) is 15.1. The molecule has 1 atom stereocenters. The molecule has 140 valence electrons. The molecule has 5 nitrogen and oxygen atoms in total. The Labute approximate surface area is 171 Å². The highest BCUT2D eigenvalue weighted by atomic mass is 79.9. The number of aryl methyl sites for hydroxylation is 1. The standard InChI is InChI=1S/C20H20BrN3O2S/c1-13-5-6-18(16(21)10-13)26-9-7-19(25)23-14(2)20-24-17(12-27-20)15-4-3-8-22-11-15/h3-6,8,10-12,14H,7,9H2,1-2H3,(H,23,25). The van der Waals surface area contributed by atoms with E-state index in [2.05, 4.69) is 31.2 Å². The number of hydrogen-bond acceptors (Lipinski definition) is 5. The predicted molar refractivity (Wildman–Crippen MR) is 111 cm³/mol. The van der Waals surface area contributed by atoms with Crippen molar-refractivity contribution in [3.05, 3.63) is 63.1 Å². The Bertz CT molecular complexity index is 915. The van der Waals surface area contributed by atoms with Crippen LogP contribution in [0.25, 0.3) is 11.3 Å². The van der Waals surface area contributed by atoms with Crippen molar-refractivity contribution >= 4 is 33.2 Å². The van der Waals surface area contributed by atoms with Crippen molar-refractivity contribution in [2.75, 3.05) is 6.61 Å². The van der Waals surface area contributed by atoms with Gasteiger partial charge in [-0.05, 0) is 59.6 Å². The first-order valence-electron chi connectivity index (χ1n) is 8.57. The smallest absolute Gasteiger partial charge is 0.223 e. The van der Waals surface area contributed by atoms with Crippen molar-refractivity contribution in [2.45, 2.75) is 26.3 Å². The van der Waals surface area contributed by atoms with E-state index < -0.39 is 0 Å². The molecule has 0 aliphatic carbocycles. The van der Waals surface area contributed by atoms with Crippen LogP contribution in [0.4, 0.5) is 0 Å². The van der Waals surface area contributed by atoms with Crippen molar-refractivity contribution in [3.8, 4) is 17.0 Å². The minimum atomic E-state index is -0.154. The first-order chi connectivity index (χ1) is 13.0. The molecule has 0 spiro atoms. The maximum Gasteiger partial charge on any atom is 0.223 e. The molecule has 1 N–H and O–H groups in total. The number of pyridine rings is 1. The van der Waals surface area contributed by atoms with Crippen LogP contribution in [0.3, 0.4) is 0 Å². The Morgan fingerprint density at radius 3 is 2.96 bits per heavy atom. The molecule has 0 saturated heterocycles. The molecule has 3 rings (SSSR count). The third kappa shape index (κ3) is 5.37. The summed E-state index contributed by atoms with van der Waals surface area (Å²) < 4.78 is 6.57. The molecule has 0 aliphatic rings. The highest BCUT2D eigenvalue weighted by Gasteiger charge is 2.14. The molecule has 27 heavy (non-hydrogen) atoms. The zero-order chi connectivity index (χ0) is 19.2. The van der Waals surface area contributed by atoms with Crippen molar-refractivity contribution < 1.29 is 9.53 Å². The highest BCUT2D eigenvalue weighted by Crippen LogP contribution is 2.26. The van der Waals surface area contributed by atoms with E-state index in [-0.39, 0.29) is 18.4 Å². The van der Waals surface area contributed by atoms with Gasteiger partial charge < -0.3 is 10.1 Å². The summed E-state index contributed by atoms with van der Waals surface area (Å²) >= 11 is 5.00. The lowest BCUT2D eigenvalue weighted by molar-refractivity contribution is -0.122. The van der Waals surface area contributed by atoms with Crippen LogP contribution in [0.1, 0.15) is 30.0 Å². The van der Waals surface area contributed by atoms with Crippen LogP contribution in [-0.2, 0) is 4.79 Å². The van der Waals surface area contributed by atoms with Crippen LogP contribution in [0, 0.1) is 6.92 Å². The average molecular weight is 446 g/mol. The Morgan fingerprint density at radius 1 is 1.37 bits per heavy atom. The second-order valence-electron chi connectivity index (χ2n) is 6.13. The zero-order valence-corrected chi connectivity index (χ0v) is 17.5. The maximum absolute atomic E-state index is 12.2. The fourth-order valence-electron chi connectivity index (χ4n) is 2.49. The van der Waals surface area contributed by atoms with Crippen LogP contribution < -0.4 is 10.1 Å². The second-order valence-corrected chi connectivity index (χ2v) is 7.88. The molecule has 1 amide bonds. The van der Waals surface area contributed by atoms with Gasteiger partial charge in [0, 0.05) is 23.3 Å². The molecule has 0 aliphatic heterocycles. The first kappa shape index (κ1) is 19.5. The summed E-state index contributed by atoms with van der Waals surface area (Å²) in [5.41, 5.74) is 2.99. The lowest BCUT2D eigenvalue weighted by atomic mass is 10.2. The van der Waals surface area contributed by atoms with Crippen LogP contribution in [0.5, 0.6) is 5.75 Å². The van der Waals surface area contributed by atoms with E-state index in [0.29, 0.717) is 6.61 Å². The number of ether oxygens (including phenoxy) is 1. The van der Waals surface area contributed by atoms with Crippen molar-refractivity contribution in [1.29, 1.82) is 0 Å². The second kappa shape index (κ2) is 9.10. The van der Waals surface area contributed by atoms with Crippen LogP contribution in [-0.4, -0.2) is 22.5 Å². The van der Waals surface area contributed by atoms with E-state index in [4.69, 9.17) is 4.74 Å². The van der Waals surface area contributed by atoms with Gasteiger partial charge in [0.15, 0.2) is 0 Å². The van der Waals surface area contributed by atoms with Gasteiger partial charge in [-0.2, -0.15) is 0 Å². The molecule has 0 saturated carbocycles. The van der Waals surface area contributed by atoms with Crippen LogP contribution in [0.15, 0.2) is 52.6 Å². The number of nitrogens with zero attached hydrogens (tertiary/aromatic N) is 2. The number of thiazole rings is 1. The van der Waals surface area contributed by atoms with Gasteiger partial charge in [0.25, 0.3) is 0 Å². The fourth-order valence-corrected chi connectivity index (χ4v) is 3.93. The minimum Gasteiger partial charge on any atom is -0.492 e. The number of nitrogens with one attached hydrogen (secondary N) is 1. The summed E-state index contributed by atoms with van der Waals surface area (Å²) in [5, 5.41) is 5.82. The summed E-state index contributed by atoms with van der Waals surface area (Å²) in [7, 11) is 0. The molecule has 0 fully saturated rings. The van der Waals surface area contributed by atoms with Gasteiger partial charge >= 0.3 is 0 Å². The Kier molecular flexibility index (Phi) is 6.58. The van der Waals surface area contributed by atoms with E-state index in [0.717, 1.165) is 32.1 Å². The van der Waals surface area contributed by atoms with E-state index in [9.17, 15) is 4.79 Å². The molecule has 3 aromatic rings. The predicted octanol–water partition coefficient (Wildman–Crippen LogP) is 4.92. The molecule has 0 radical (unpaired) electrons. The van der Waals surface area contributed by atoms with Crippen molar-refractivity contribution in [2.24, 2.45) is 0 Å². The number of carbonyl (C=O) groups is 1. The van der Waals surface area contributed by atoms with Gasteiger partial charge in [-0.25, -0.2) is 4.98 Å². The van der Waals surface area contributed by atoms with Crippen LogP contribution >= 0.6 is 27.3 Å². The lowest BCUT2D eigenvalue weighted by Gasteiger charge is -2.12. The van der Waals surface area contributed by atoms with E-state index in [1.807, 2.05) is 49.6 Å². The molecular formula is C20H20BrN3O2S. The first-order valence-corrected chi connectivity index (χ1v) is 10.2. The average Bonchev–Trinajstić information content (AvgIpc) is 3.14. The van der Waals surface area contributed by atoms with E-state index in [1.165, 1.54) is 11.3 Å². The fraction of sp³-hybridized carbons (Fsp3) is 0.250. The summed E-state index contributed by atoms with van der Waals surface area (Å²) in [5.74, 6) is 0.673. The number of amides is 1. The molecule has 1 aromatic carbocycles. The topological polar surface area (TPSA) is 64.1 Å². The quantitative estimate of drug-likeness (QED) is 0.560. The van der Waals surface area contributed by atoms with Gasteiger partial charge in [-0.1, -0.05) is 6.07 Å². The van der Waals surface area contributed by atoms with Gasteiger partial charge in [-0.15, -0.1) is 11.3 Å². The molecule has 0 bridgehead atoms. The number of benzene rings is 1. The molecule has 2 aromatic heterocycles. The molecule has 7 heteroatoms. The third-order valence-electron chi connectivity index (χ3n) is 3.90. The molecule has 1 unspecified atom stereocenters. The van der Waals surface area contributed by atoms with Gasteiger partial charge in [0.1, 0.15) is 10.8 Å². The number of aromatic nitrogens is 2. The maximum atomic E-state index is 12.2. The van der Waals surface area contributed by atoms with E-state index >= 15 is 0 Å². The number of rotatable bonds is 7. The summed E-state index contributed by atoms with van der Waals surface area (Å²) in [6, 6.07) is 9.56. The Morgan fingerprint density at radius 2 is 2.22 bits per heavy atom. The minimum absolute atomic E-state index is 0.0659. The summed E-state index contributed by atoms with van der Waals surface area (Å²) in [6.45, 7) is 4.27. The van der Waals surface area contributed by atoms with Gasteiger partial charge in [0.2, 0.25) is 5.91 Å². The van der Waals surface area contributed by atoms with Gasteiger partial charge in [0.05, 0.1) is 29.2 Å². The summed E-state index contributed by atoms with van der Waals surface area (Å²) in [6.07, 6.45) is 3.80. The van der Waals surface area contributed by atoms with Crippen molar-refractivity contribution in [1.82, 2.24) is 15.3 Å². The molecule has 2 heterocycles. The van der Waals surface area contributed by atoms with Crippen molar-refractivity contribution in [3.63, 3.8) is 0 Å². The number of hydrogen-bond donors (Lipinski definition) is 1. The molecular weight excluding hydrogens is 426 g/mol. The van der Waals surface area contributed by atoms with Gasteiger partial charge in [-0.3, -0.25) is 9.78 Å². The number of carbonyl (C=O) groups excluding carboxylic acids is 1. The SMILES string of the molecule is Cc1ccc(OCCC(=O)NC(C)c2nc(-c3cccnc3)cs2)c(Br)c1. The van der Waals surface area contributed by atoms with Crippen LogP contribution in [0.2, 0.25) is 0 Å². The normalized spacial score (nSPS) is 11.8. The largest absolute Gasteiger partial charge is 0.492 e. The lowest BCUT2D eigenvalue weighted by Crippen LogP contribution is -2.27. The third-order valence-corrected chi connectivity index (χ3v) is 5.55. The highest BCUT2D eigenvalue weighted by molar-refractivity contribution is 9.10. The Hall–Kier alpha value is -2.25. The monoisotopic (exact) mass is 445 g/mol. The number of halogens is 1.